The first-order valence-electron chi connectivity index (χ1n) is 9.75. The molecule has 0 aromatic heterocycles. The number of Topliss-reactive ketones (excluding diaryl/α,β-unsaturated/α-hetero) is 1. The summed E-state index contributed by atoms with van der Waals surface area (Å²) in [5.41, 5.74) is 1.84. The van der Waals surface area contributed by atoms with Crippen molar-refractivity contribution in [1.82, 2.24) is 4.90 Å². The number of ether oxygens (including phenoxy) is 1. The van der Waals surface area contributed by atoms with E-state index in [1.54, 1.807) is 36.4 Å². The summed E-state index contributed by atoms with van der Waals surface area (Å²) >= 11 is 0. The van der Waals surface area contributed by atoms with E-state index in [0.717, 1.165) is 5.56 Å². The molecular formula is C25H21NO5. The Morgan fingerprint density at radius 1 is 0.968 bits per heavy atom. The molecule has 0 aliphatic carbocycles. The summed E-state index contributed by atoms with van der Waals surface area (Å²) in [5, 5.41) is 20.8. The standard InChI is InChI=1S/C25H21NO5/c1-31-20-9-5-8-18(14-20)23(28)21-22(17-10-12-19(27)13-11-17)26(25(30)24(21)29)15-16-6-3-2-4-7-16/h2-14,22,27-28H,15H2,1H3. The summed E-state index contributed by atoms with van der Waals surface area (Å²) in [4.78, 5) is 27.5. The van der Waals surface area contributed by atoms with Crippen molar-refractivity contribution in [3.05, 3.63) is 101 Å². The third kappa shape index (κ3) is 3.88. The lowest BCUT2D eigenvalue weighted by Crippen LogP contribution is -2.29. The smallest absolute Gasteiger partial charge is 0.295 e. The second-order valence-electron chi connectivity index (χ2n) is 7.24. The number of ketones is 1. The Hall–Kier alpha value is -4.06. The van der Waals surface area contributed by atoms with Crippen LogP contribution in [0.4, 0.5) is 0 Å². The van der Waals surface area contributed by atoms with E-state index < -0.39 is 17.7 Å². The van der Waals surface area contributed by atoms with Crippen molar-refractivity contribution in [2.24, 2.45) is 0 Å². The van der Waals surface area contributed by atoms with Crippen LogP contribution in [0.2, 0.25) is 0 Å². The van der Waals surface area contributed by atoms with Gasteiger partial charge in [-0.3, -0.25) is 9.59 Å². The van der Waals surface area contributed by atoms with Crippen molar-refractivity contribution in [3.63, 3.8) is 0 Å². The van der Waals surface area contributed by atoms with Gasteiger partial charge in [0, 0.05) is 12.1 Å². The zero-order chi connectivity index (χ0) is 22.0. The number of carbonyl (C=O) groups is 2. The average molecular weight is 415 g/mol. The molecule has 4 rings (SSSR count). The van der Waals surface area contributed by atoms with Gasteiger partial charge in [-0.1, -0.05) is 54.6 Å². The molecule has 156 valence electrons. The van der Waals surface area contributed by atoms with Gasteiger partial charge in [-0.25, -0.2) is 0 Å². The molecule has 1 aliphatic heterocycles. The van der Waals surface area contributed by atoms with Gasteiger partial charge in [-0.05, 0) is 35.4 Å². The highest BCUT2D eigenvalue weighted by molar-refractivity contribution is 6.46. The molecule has 2 N–H and O–H groups in total. The average Bonchev–Trinajstić information content (AvgIpc) is 3.05. The predicted molar refractivity (Wildman–Crippen MR) is 115 cm³/mol. The number of phenols is 1. The molecule has 6 nitrogen and oxygen atoms in total. The van der Waals surface area contributed by atoms with Crippen molar-refractivity contribution < 1.29 is 24.5 Å². The lowest BCUT2D eigenvalue weighted by molar-refractivity contribution is -0.140. The largest absolute Gasteiger partial charge is 0.508 e. The van der Waals surface area contributed by atoms with Gasteiger partial charge in [-0.2, -0.15) is 0 Å². The maximum Gasteiger partial charge on any atom is 0.295 e. The number of rotatable bonds is 5. The lowest BCUT2D eigenvalue weighted by Gasteiger charge is -2.25. The van der Waals surface area contributed by atoms with Crippen LogP contribution < -0.4 is 4.74 Å². The van der Waals surface area contributed by atoms with Gasteiger partial charge >= 0.3 is 0 Å². The number of methoxy groups -OCH3 is 1. The summed E-state index contributed by atoms with van der Waals surface area (Å²) < 4.78 is 5.22. The molecule has 1 aliphatic rings. The van der Waals surface area contributed by atoms with Gasteiger partial charge in [0.2, 0.25) is 0 Å². The highest BCUT2D eigenvalue weighted by atomic mass is 16.5. The predicted octanol–water partition coefficient (Wildman–Crippen LogP) is 4.02. The fraction of sp³-hybridized carbons (Fsp3) is 0.120. The van der Waals surface area contributed by atoms with E-state index in [9.17, 15) is 19.8 Å². The Labute approximate surface area is 179 Å². The van der Waals surface area contributed by atoms with E-state index in [2.05, 4.69) is 0 Å². The maximum atomic E-state index is 13.0. The van der Waals surface area contributed by atoms with Gasteiger partial charge in [0.1, 0.15) is 17.3 Å². The minimum atomic E-state index is -0.799. The topological polar surface area (TPSA) is 87.1 Å². The Bertz CT molecular complexity index is 1150. The van der Waals surface area contributed by atoms with E-state index in [1.165, 1.54) is 24.1 Å². The second kappa shape index (κ2) is 8.36. The summed E-state index contributed by atoms with van der Waals surface area (Å²) in [6, 6.07) is 21.5. The molecule has 3 aromatic carbocycles. The number of aliphatic hydroxyl groups is 1. The first-order valence-corrected chi connectivity index (χ1v) is 9.75. The molecular weight excluding hydrogens is 394 g/mol. The summed E-state index contributed by atoms with van der Waals surface area (Å²) in [6.45, 7) is 0.200. The number of phenolic OH excluding ortho intramolecular Hbond substituents is 1. The van der Waals surface area contributed by atoms with Crippen LogP contribution in [0.25, 0.3) is 5.76 Å². The Balaban J connectivity index is 1.86. The fourth-order valence-corrected chi connectivity index (χ4v) is 3.75. The normalized spacial score (nSPS) is 17.7. The molecule has 0 radical (unpaired) electrons. The van der Waals surface area contributed by atoms with Gasteiger partial charge in [-0.15, -0.1) is 0 Å². The van der Waals surface area contributed by atoms with E-state index >= 15 is 0 Å². The first kappa shape index (κ1) is 20.2. The van der Waals surface area contributed by atoms with Gasteiger partial charge in [0.05, 0.1) is 18.7 Å². The Morgan fingerprint density at radius 3 is 2.35 bits per heavy atom. The summed E-state index contributed by atoms with van der Waals surface area (Å²) in [7, 11) is 1.51. The van der Waals surface area contributed by atoms with Crippen molar-refractivity contribution in [2.75, 3.05) is 7.11 Å². The van der Waals surface area contributed by atoms with Gasteiger partial charge < -0.3 is 19.8 Å². The SMILES string of the molecule is COc1cccc(C(O)=C2C(=O)C(=O)N(Cc3ccccc3)C2c2ccc(O)cc2)c1. The minimum Gasteiger partial charge on any atom is -0.508 e. The second-order valence-corrected chi connectivity index (χ2v) is 7.24. The van der Waals surface area contributed by atoms with Crippen LogP contribution >= 0.6 is 0 Å². The van der Waals surface area contributed by atoms with Crippen LogP contribution in [0.5, 0.6) is 11.5 Å². The number of benzene rings is 3. The van der Waals surface area contributed by atoms with Crippen LogP contribution in [-0.2, 0) is 16.1 Å². The molecule has 0 saturated carbocycles. The quantitative estimate of drug-likeness (QED) is 0.373. The van der Waals surface area contributed by atoms with Crippen LogP contribution in [0.1, 0.15) is 22.7 Å². The van der Waals surface area contributed by atoms with E-state index in [4.69, 9.17) is 4.74 Å². The van der Waals surface area contributed by atoms with E-state index in [-0.39, 0.29) is 23.6 Å². The van der Waals surface area contributed by atoms with E-state index in [0.29, 0.717) is 16.9 Å². The molecule has 1 atom stereocenters. The van der Waals surface area contributed by atoms with Crippen molar-refractivity contribution in [3.8, 4) is 11.5 Å². The number of aromatic hydroxyl groups is 1. The Morgan fingerprint density at radius 2 is 1.68 bits per heavy atom. The lowest BCUT2D eigenvalue weighted by atomic mass is 9.95. The van der Waals surface area contributed by atoms with Crippen LogP contribution in [0, 0.1) is 0 Å². The highest BCUT2D eigenvalue weighted by Crippen LogP contribution is 2.40. The van der Waals surface area contributed by atoms with E-state index in [1.807, 2.05) is 30.3 Å². The highest BCUT2D eigenvalue weighted by Gasteiger charge is 2.46. The number of hydrogen-bond acceptors (Lipinski definition) is 5. The van der Waals surface area contributed by atoms with Crippen molar-refractivity contribution >= 4 is 17.4 Å². The molecule has 6 heteroatoms. The molecule has 0 spiro atoms. The number of hydrogen-bond donors (Lipinski definition) is 2. The van der Waals surface area contributed by atoms with Crippen LogP contribution in [-0.4, -0.2) is 33.9 Å². The molecule has 1 amide bonds. The maximum absolute atomic E-state index is 13.0. The van der Waals surface area contributed by atoms with Gasteiger partial charge in [0.25, 0.3) is 11.7 Å². The number of likely N-dealkylation sites (tertiary alicyclic amines) is 1. The number of amides is 1. The zero-order valence-electron chi connectivity index (χ0n) is 16.9. The zero-order valence-corrected chi connectivity index (χ0v) is 16.9. The molecule has 0 bridgehead atoms. The third-order valence-corrected chi connectivity index (χ3v) is 5.29. The van der Waals surface area contributed by atoms with Crippen molar-refractivity contribution in [2.45, 2.75) is 12.6 Å². The molecule has 3 aromatic rings. The number of carbonyl (C=O) groups excluding carboxylic acids is 2. The minimum absolute atomic E-state index is 0.000117. The first-order chi connectivity index (χ1) is 15.0. The summed E-state index contributed by atoms with van der Waals surface area (Å²) in [5.74, 6) is -1.13. The van der Waals surface area contributed by atoms with Crippen LogP contribution in [0.3, 0.4) is 0 Å². The molecule has 1 fully saturated rings. The monoisotopic (exact) mass is 415 g/mol. The molecule has 1 heterocycles. The fourth-order valence-electron chi connectivity index (χ4n) is 3.75. The molecule has 1 saturated heterocycles. The van der Waals surface area contributed by atoms with Gasteiger partial charge in [0.15, 0.2) is 0 Å². The third-order valence-electron chi connectivity index (χ3n) is 5.29. The molecule has 31 heavy (non-hydrogen) atoms. The summed E-state index contributed by atoms with van der Waals surface area (Å²) in [6.07, 6.45) is 0. The van der Waals surface area contributed by atoms with Crippen LogP contribution in [0.15, 0.2) is 84.4 Å². The number of aliphatic hydroxyl groups excluding tert-OH is 1. The Kier molecular flexibility index (Phi) is 5.45. The van der Waals surface area contributed by atoms with Crippen molar-refractivity contribution in [1.29, 1.82) is 0 Å². The number of nitrogens with zero attached hydrogens (tertiary/aromatic N) is 1. The molecule has 1 unspecified atom stereocenters.